The van der Waals surface area contributed by atoms with Crippen LogP contribution in [0.2, 0.25) is 0 Å². The van der Waals surface area contributed by atoms with Crippen molar-refractivity contribution in [2.75, 3.05) is 5.73 Å². The Hall–Kier alpha value is -2.22. The van der Waals surface area contributed by atoms with Crippen LogP contribution in [0.3, 0.4) is 0 Å². The Morgan fingerprint density at radius 3 is 2.82 bits per heavy atom. The number of nitrogen functional groups attached to an aromatic ring is 1. The summed E-state index contributed by atoms with van der Waals surface area (Å²) in [4.78, 5) is 11.9. The van der Waals surface area contributed by atoms with Gasteiger partial charge < -0.3 is 15.8 Å². The minimum absolute atomic E-state index is 0.0170. The van der Waals surface area contributed by atoms with Crippen LogP contribution < -0.4 is 15.8 Å². The molecule has 0 saturated heterocycles. The lowest BCUT2D eigenvalue weighted by atomic mass is 9.91. The number of anilines is 1. The number of ether oxygens (including phenoxy) is 1. The van der Waals surface area contributed by atoms with Gasteiger partial charge in [0.1, 0.15) is 23.5 Å². The number of nitrogens with zero attached hydrogens (tertiary/aromatic N) is 1. The van der Waals surface area contributed by atoms with E-state index in [4.69, 9.17) is 10.5 Å². The summed E-state index contributed by atoms with van der Waals surface area (Å²) in [5.41, 5.74) is 6.60. The average Bonchev–Trinajstić information content (AvgIpc) is 2.49. The molecule has 2 atom stereocenters. The van der Waals surface area contributed by atoms with Crippen molar-refractivity contribution >= 4 is 11.6 Å². The zero-order valence-corrected chi connectivity index (χ0v) is 13.1. The van der Waals surface area contributed by atoms with E-state index in [-0.39, 0.29) is 24.0 Å². The monoisotopic (exact) mass is 301 g/mol. The van der Waals surface area contributed by atoms with Gasteiger partial charge in [-0.1, -0.05) is 26.3 Å². The Balaban J connectivity index is 2.14. The number of rotatable bonds is 4. The van der Waals surface area contributed by atoms with Crippen LogP contribution in [0.25, 0.3) is 0 Å². The van der Waals surface area contributed by atoms with Gasteiger partial charge in [-0.2, -0.15) is 5.26 Å². The van der Waals surface area contributed by atoms with E-state index >= 15 is 0 Å². The molecule has 2 rings (SSSR count). The quantitative estimate of drug-likeness (QED) is 0.837. The normalized spacial score (nSPS) is 21.2. The smallest absolute Gasteiger partial charge is 0.222 e. The fourth-order valence-electron chi connectivity index (χ4n) is 2.68. The van der Waals surface area contributed by atoms with Gasteiger partial charge in [-0.25, -0.2) is 0 Å². The van der Waals surface area contributed by atoms with Gasteiger partial charge in [0.15, 0.2) is 0 Å². The van der Waals surface area contributed by atoms with E-state index < -0.39 is 0 Å². The second kappa shape index (κ2) is 7.17. The minimum Gasteiger partial charge on any atom is -0.487 e. The molecule has 0 radical (unpaired) electrons. The number of hydrogen-bond acceptors (Lipinski definition) is 4. The van der Waals surface area contributed by atoms with Crippen LogP contribution >= 0.6 is 0 Å². The maximum atomic E-state index is 11.9. The van der Waals surface area contributed by atoms with Crippen molar-refractivity contribution < 1.29 is 9.53 Å². The number of amides is 1. The van der Waals surface area contributed by atoms with Gasteiger partial charge >= 0.3 is 0 Å². The lowest BCUT2D eigenvalue weighted by Crippen LogP contribution is -2.48. The molecule has 0 spiro atoms. The predicted octanol–water partition coefficient (Wildman–Crippen LogP) is 2.60. The summed E-state index contributed by atoms with van der Waals surface area (Å²) in [7, 11) is 0. The molecule has 3 N–H and O–H groups in total. The zero-order valence-electron chi connectivity index (χ0n) is 13.1. The van der Waals surface area contributed by atoms with Gasteiger partial charge in [0, 0.05) is 5.92 Å². The first kappa shape index (κ1) is 16.2. The van der Waals surface area contributed by atoms with Crippen molar-refractivity contribution in [2.24, 2.45) is 5.92 Å². The topological polar surface area (TPSA) is 88.1 Å². The fraction of sp³-hybridized carbons (Fsp3) is 0.529. The minimum atomic E-state index is -0.120. The maximum absolute atomic E-state index is 11.9. The summed E-state index contributed by atoms with van der Waals surface area (Å²) in [5.74, 6) is 0.483. The van der Waals surface area contributed by atoms with Crippen molar-refractivity contribution in [3.8, 4) is 11.8 Å². The number of carbonyl (C=O) groups excluding carboxylic acids is 1. The van der Waals surface area contributed by atoms with Crippen LogP contribution in [0.5, 0.6) is 5.75 Å². The van der Waals surface area contributed by atoms with Gasteiger partial charge in [0.05, 0.1) is 11.7 Å². The molecule has 2 unspecified atom stereocenters. The Morgan fingerprint density at radius 2 is 2.14 bits per heavy atom. The third-order valence-corrected chi connectivity index (χ3v) is 4.00. The van der Waals surface area contributed by atoms with Crippen LogP contribution in [-0.4, -0.2) is 18.1 Å². The molecular weight excluding hydrogens is 278 g/mol. The van der Waals surface area contributed by atoms with Crippen LogP contribution in [0.4, 0.5) is 5.69 Å². The Kier molecular flexibility index (Phi) is 5.26. The first-order valence-electron chi connectivity index (χ1n) is 7.78. The Morgan fingerprint density at radius 1 is 1.41 bits per heavy atom. The second-order valence-corrected chi connectivity index (χ2v) is 6.04. The SMILES string of the molecule is CC(C)C(=O)NC1CCCCC1Oc1cccc(N)c1C#N. The van der Waals surface area contributed by atoms with Crippen molar-refractivity contribution in [2.45, 2.75) is 51.7 Å². The lowest BCUT2D eigenvalue weighted by Gasteiger charge is -2.33. The van der Waals surface area contributed by atoms with E-state index in [9.17, 15) is 10.1 Å². The van der Waals surface area contributed by atoms with Gasteiger partial charge in [-0.3, -0.25) is 4.79 Å². The molecule has 1 amide bonds. The molecule has 0 heterocycles. The number of carbonyl (C=O) groups is 1. The Labute approximate surface area is 131 Å². The molecule has 1 fully saturated rings. The number of benzene rings is 1. The van der Waals surface area contributed by atoms with E-state index in [2.05, 4.69) is 11.4 Å². The number of nitriles is 1. The second-order valence-electron chi connectivity index (χ2n) is 6.04. The summed E-state index contributed by atoms with van der Waals surface area (Å²) < 4.78 is 6.03. The van der Waals surface area contributed by atoms with Crippen molar-refractivity contribution in [1.82, 2.24) is 5.32 Å². The third kappa shape index (κ3) is 3.70. The molecule has 5 heteroatoms. The maximum Gasteiger partial charge on any atom is 0.222 e. The van der Waals surface area contributed by atoms with Gasteiger partial charge in [-0.15, -0.1) is 0 Å². The lowest BCUT2D eigenvalue weighted by molar-refractivity contribution is -0.125. The largest absolute Gasteiger partial charge is 0.487 e. The summed E-state index contributed by atoms with van der Waals surface area (Å²) in [5, 5.41) is 12.3. The zero-order chi connectivity index (χ0) is 16.1. The van der Waals surface area contributed by atoms with Gasteiger partial charge in [-0.05, 0) is 31.4 Å². The Bertz CT molecular complexity index is 578. The number of nitrogens with two attached hydrogens (primary N) is 1. The molecule has 0 aromatic heterocycles. The average molecular weight is 301 g/mol. The highest BCUT2D eigenvalue weighted by molar-refractivity contribution is 5.78. The molecule has 118 valence electrons. The predicted molar refractivity (Wildman–Crippen MR) is 85.2 cm³/mol. The van der Waals surface area contributed by atoms with Crippen LogP contribution in [0.15, 0.2) is 18.2 Å². The van der Waals surface area contributed by atoms with Crippen LogP contribution in [-0.2, 0) is 4.79 Å². The van der Waals surface area contributed by atoms with E-state index in [1.165, 1.54) is 0 Å². The van der Waals surface area contributed by atoms with Crippen LogP contribution in [0.1, 0.15) is 45.1 Å². The van der Waals surface area contributed by atoms with E-state index in [1.54, 1.807) is 18.2 Å². The molecule has 1 saturated carbocycles. The van der Waals surface area contributed by atoms with Crippen LogP contribution in [0, 0.1) is 17.2 Å². The number of nitrogens with one attached hydrogen (secondary N) is 1. The summed E-state index contributed by atoms with van der Waals surface area (Å²) >= 11 is 0. The molecule has 5 nitrogen and oxygen atoms in total. The molecule has 0 aliphatic heterocycles. The van der Waals surface area contributed by atoms with E-state index in [0.29, 0.717) is 17.0 Å². The molecule has 0 bridgehead atoms. The van der Waals surface area contributed by atoms with Crippen molar-refractivity contribution in [3.05, 3.63) is 23.8 Å². The summed E-state index contributed by atoms with van der Waals surface area (Å²) in [6, 6.07) is 7.29. The van der Waals surface area contributed by atoms with Crippen molar-refractivity contribution in [1.29, 1.82) is 5.26 Å². The highest BCUT2D eigenvalue weighted by Crippen LogP contribution is 2.29. The fourth-order valence-corrected chi connectivity index (χ4v) is 2.68. The third-order valence-electron chi connectivity index (χ3n) is 4.00. The van der Waals surface area contributed by atoms with Crippen molar-refractivity contribution in [3.63, 3.8) is 0 Å². The molecule has 1 aliphatic rings. The van der Waals surface area contributed by atoms with Gasteiger partial charge in [0.2, 0.25) is 5.91 Å². The highest BCUT2D eigenvalue weighted by atomic mass is 16.5. The summed E-state index contributed by atoms with van der Waals surface area (Å²) in [6.07, 6.45) is 3.77. The molecule has 1 aromatic rings. The number of hydrogen-bond donors (Lipinski definition) is 2. The first-order chi connectivity index (χ1) is 10.5. The summed E-state index contributed by atoms with van der Waals surface area (Å²) in [6.45, 7) is 3.75. The first-order valence-corrected chi connectivity index (χ1v) is 7.78. The standard InChI is InChI=1S/C17H23N3O2/c1-11(2)17(21)20-14-7-3-4-8-16(14)22-15-9-5-6-13(19)12(15)10-18/h5-6,9,11,14,16H,3-4,7-8,19H2,1-2H3,(H,20,21). The van der Waals surface area contributed by atoms with E-state index in [0.717, 1.165) is 25.7 Å². The molecule has 22 heavy (non-hydrogen) atoms. The molecule has 1 aliphatic carbocycles. The highest BCUT2D eigenvalue weighted by Gasteiger charge is 2.29. The molecular formula is C17H23N3O2. The van der Waals surface area contributed by atoms with Gasteiger partial charge in [0.25, 0.3) is 0 Å². The molecule has 1 aromatic carbocycles. The van der Waals surface area contributed by atoms with E-state index in [1.807, 2.05) is 13.8 Å².